The maximum Gasteiger partial charge on any atom is 0.236 e. The molecule has 0 aliphatic carbocycles. The number of rotatable bonds is 3. The Morgan fingerprint density at radius 1 is 1.28 bits per heavy atom. The molecule has 1 fully saturated rings. The highest BCUT2D eigenvalue weighted by Gasteiger charge is 2.29. The van der Waals surface area contributed by atoms with Gasteiger partial charge in [0.1, 0.15) is 0 Å². The maximum absolute atomic E-state index is 11.8. The van der Waals surface area contributed by atoms with Crippen LogP contribution in [0.4, 0.5) is 0 Å². The summed E-state index contributed by atoms with van der Waals surface area (Å²) in [5, 5.41) is 3.02. The van der Waals surface area contributed by atoms with Crippen LogP contribution in [0.2, 0.25) is 0 Å². The molecule has 0 aromatic heterocycles. The average molecular weight is 319 g/mol. The molecule has 2 amide bonds. The van der Waals surface area contributed by atoms with E-state index in [-0.39, 0.29) is 23.8 Å². The zero-order valence-corrected chi connectivity index (χ0v) is 13.2. The Bertz CT molecular complexity index is 315. The molecule has 1 aliphatic rings. The fourth-order valence-electron chi connectivity index (χ4n) is 1.97. The minimum Gasteiger partial charge on any atom is -0.352 e. The van der Waals surface area contributed by atoms with Gasteiger partial charge in [0, 0.05) is 25.0 Å². The summed E-state index contributed by atoms with van der Waals surface area (Å²) in [4.78, 5) is 25.5. The number of carbonyl (C=O) groups is 2. The number of amides is 2. The molecule has 0 atom stereocenters. The number of hydrogen-bond donors (Lipinski definition) is 1. The molecule has 0 unspecified atom stereocenters. The predicted molar refractivity (Wildman–Crippen MR) is 75.6 cm³/mol. The largest absolute Gasteiger partial charge is 0.352 e. The van der Waals surface area contributed by atoms with E-state index in [1.165, 1.54) is 0 Å². The summed E-state index contributed by atoms with van der Waals surface area (Å²) in [6, 6.07) is 0.186. The third kappa shape index (κ3) is 4.26. The van der Waals surface area contributed by atoms with Crippen LogP contribution in [0.5, 0.6) is 0 Å². The van der Waals surface area contributed by atoms with Gasteiger partial charge in [-0.1, -0.05) is 29.8 Å². The summed E-state index contributed by atoms with van der Waals surface area (Å²) >= 11 is 3.35. The van der Waals surface area contributed by atoms with Crippen molar-refractivity contribution < 1.29 is 9.59 Å². The second-order valence-corrected chi connectivity index (χ2v) is 7.68. The van der Waals surface area contributed by atoms with Crippen LogP contribution in [0.15, 0.2) is 0 Å². The van der Waals surface area contributed by atoms with Gasteiger partial charge in [-0.05, 0) is 26.7 Å². The normalized spacial score (nSPS) is 18.0. The van der Waals surface area contributed by atoms with Crippen molar-refractivity contribution in [1.29, 1.82) is 0 Å². The molecule has 104 valence electrons. The van der Waals surface area contributed by atoms with E-state index in [9.17, 15) is 9.59 Å². The van der Waals surface area contributed by atoms with Gasteiger partial charge in [-0.25, -0.2) is 0 Å². The van der Waals surface area contributed by atoms with E-state index in [1.54, 1.807) is 0 Å². The lowest BCUT2D eigenvalue weighted by Gasteiger charge is -2.34. The fraction of sp³-hybridized carbons (Fsp3) is 0.846. The van der Waals surface area contributed by atoms with Gasteiger partial charge in [-0.15, -0.1) is 0 Å². The molecule has 4 nitrogen and oxygen atoms in total. The maximum atomic E-state index is 11.8. The minimum absolute atomic E-state index is 0.0103. The van der Waals surface area contributed by atoms with Crippen LogP contribution in [0.3, 0.4) is 0 Å². The predicted octanol–water partition coefficient (Wildman–Crippen LogP) is 1.92. The van der Waals surface area contributed by atoms with Crippen LogP contribution < -0.4 is 5.32 Å². The molecule has 18 heavy (non-hydrogen) atoms. The van der Waals surface area contributed by atoms with Crippen LogP contribution in [-0.2, 0) is 9.59 Å². The SMILES string of the molecule is CC(C)C(=O)N1CCC(NC(=O)C(C)(C)Br)CC1. The van der Waals surface area contributed by atoms with Crippen LogP contribution in [0, 0.1) is 5.92 Å². The van der Waals surface area contributed by atoms with Gasteiger partial charge >= 0.3 is 0 Å². The minimum atomic E-state index is -0.530. The molecule has 0 radical (unpaired) electrons. The molecule has 5 heteroatoms. The van der Waals surface area contributed by atoms with Crippen molar-refractivity contribution >= 4 is 27.7 Å². The third-order valence-electron chi connectivity index (χ3n) is 3.18. The fourth-order valence-corrected chi connectivity index (χ4v) is 2.08. The summed E-state index contributed by atoms with van der Waals surface area (Å²) < 4.78 is -0.530. The number of alkyl halides is 1. The number of piperidine rings is 1. The van der Waals surface area contributed by atoms with Gasteiger partial charge in [0.25, 0.3) is 0 Å². The molecule has 1 saturated heterocycles. The third-order valence-corrected chi connectivity index (χ3v) is 3.54. The first kappa shape index (κ1) is 15.5. The molecular weight excluding hydrogens is 296 g/mol. The van der Waals surface area contributed by atoms with Crippen LogP contribution in [-0.4, -0.2) is 40.2 Å². The molecule has 1 N–H and O–H groups in total. The molecule has 1 rings (SSSR count). The molecular formula is C13H23BrN2O2. The van der Waals surface area contributed by atoms with Crippen molar-refractivity contribution in [2.45, 2.75) is 50.9 Å². The van der Waals surface area contributed by atoms with Crippen molar-refractivity contribution in [3.8, 4) is 0 Å². The van der Waals surface area contributed by atoms with Gasteiger partial charge in [0.2, 0.25) is 11.8 Å². The van der Waals surface area contributed by atoms with Crippen molar-refractivity contribution in [3.63, 3.8) is 0 Å². The second-order valence-electron chi connectivity index (χ2n) is 5.70. The Hall–Kier alpha value is -0.580. The molecule has 0 aromatic rings. The van der Waals surface area contributed by atoms with Crippen molar-refractivity contribution in [2.24, 2.45) is 5.92 Å². The quantitative estimate of drug-likeness (QED) is 0.808. The highest BCUT2D eigenvalue weighted by atomic mass is 79.9. The van der Waals surface area contributed by atoms with Gasteiger partial charge in [-0.3, -0.25) is 9.59 Å². The number of nitrogens with zero attached hydrogens (tertiary/aromatic N) is 1. The Morgan fingerprint density at radius 3 is 2.17 bits per heavy atom. The lowest BCUT2D eigenvalue weighted by Crippen LogP contribution is -2.50. The number of nitrogens with one attached hydrogen (secondary N) is 1. The standard InChI is InChI=1S/C13H23BrN2O2/c1-9(2)11(17)16-7-5-10(6-8-16)15-12(18)13(3,4)14/h9-10H,5-8H2,1-4H3,(H,15,18). The summed E-state index contributed by atoms with van der Waals surface area (Å²) in [7, 11) is 0. The first-order chi connectivity index (χ1) is 8.21. The molecule has 1 heterocycles. The van der Waals surface area contributed by atoms with E-state index in [4.69, 9.17) is 0 Å². The van der Waals surface area contributed by atoms with E-state index >= 15 is 0 Å². The smallest absolute Gasteiger partial charge is 0.236 e. The van der Waals surface area contributed by atoms with E-state index in [0.29, 0.717) is 0 Å². The van der Waals surface area contributed by atoms with Gasteiger partial charge < -0.3 is 10.2 Å². The van der Waals surface area contributed by atoms with E-state index in [1.807, 2.05) is 32.6 Å². The van der Waals surface area contributed by atoms with Crippen LogP contribution in [0.1, 0.15) is 40.5 Å². The lowest BCUT2D eigenvalue weighted by molar-refractivity contribution is -0.135. The average Bonchev–Trinajstić information content (AvgIpc) is 2.27. The number of halogens is 1. The molecule has 1 aliphatic heterocycles. The molecule has 0 bridgehead atoms. The Kier molecular flexibility index (Phi) is 5.20. The number of likely N-dealkylation sites (tertiary alicyclic amines) is 1. The number of hydrogen-bond acceptors (Lipinski definition) is 2. The van der Waals surface area contributed by atoms with Gasteiger partial charge in [0.15, 0.2) is 0 Å². The molecule has 0 saturated carbocycles. The number of carbonyl (C=O) groups excluding carboxylic acids is 2. The van der Waals surface area contributed by atoms with Crippen molar-refractivity contribution in [2.75, 3.05) is 13.1 Å². The Morgan fingerprint density at radius 2 is 1.78 bits per heavy atom. The van der Waals surface area contributed by atoms with Crippen molar-refractivity contribution in [3.05, 3.63) is 0 Å². The van der Waals surface area contributed by atoms with Crippen LogP contribution >= 0.6 is 15.9 Å². The van der Waals surface area contributed by atoms with Crippen molar-refractivity contribution in [1.82, 2.24) is 10.2 Å². The van der Waals surface area contributed by atoms with Gasteiger partial charge in [0.05, 0.1) is 4.32 Å². The summed E-state index contributed by atoms with van der Waals surface area (Å²) in [5.74, 6) is 0.273. The van der Waals surface area contributed by atoms with E-state index < -0.39 is 4.32 Å². The molecule has 0 spiro atoms. The lowest BCUT2D eigenvalue weighted by atomic mass is 10.0. The Labute approximate surface area is 118 Å². The second kappa shape index (κ2) is 6.04. The van der Waals surface area contributed by atoms with E-state index in [2.05, 4.69) is 21.2 Å². The van der Waals surface area contributed by atoms with E-state index in [0.717, 1.165) is 25.9 Å². The summed E-state index contributed by atoms with van der Waals surface area (Å²) in [5.41, 5.74) is 0. The van der Waals surface area contributed by atoms with Gasteiger partial charge in [-0.2, -0.15) is 0 Å². The highest BCUT2D eigenvalue weighted by molar-refractivity contribution is 9.10. The zero-order chi connectivity index (χ0) is 13.9. The highest BCUT2D eigenvalue weighted by Crippen LogP contribution is 2.18. The topological polar surface area (TPSA) is 49.4 Å². The monoisotopic (exact) mass is 318 g/mol. The molecule has 0 aromatic carbocycles. The summed E-state index contributed by atoms with van der Waals surface area (Å²) in [6.45, 7) is 8.99. The summed E-state index contributed by atoms with van der Waals surface area (Å²) in [6.07, 6.45) is 1.68. The van der Waals surface area contributed by atoms with Crippen LogP contribution in [0.25, 0.3) is 0 Å². The zero-order valence-electron chi connectivity index (χ0n) is 11.6. The first-order valence-corrected chi connectivity index (χ1v) is 7.29. The first-order valence-electron chi connectivity index (χ1n) is 6.50. The Balaban J connectivity index is 2.41.